The van der Waals surface area contributed by atoms with Gasteiger partial charge in [0.15, 0.2) is 5.78 Å². The predicted octanol–water partition coefficient (Wildman–Crippen LogP) is 2.33. The van der Waals surface area contributed by atoms with Crippen LogP contribution in [0.4, 0.5) is 0 Å². The number of aliphatic hydroxyl groups excluding tert-OH is 1. The lowest BCUT2D eigenvalue weighted by molar-refractivity contribution is -0.127. The molecular weight excluding hydrogens is 244 g/mol. The lowest BCUT2D eigenvalue weighted by Crippen LogP contribution is -2.19. The zero-order chi connectivity index (χ0) is 14.1. The molecular formula is C15H22O4. The molecule has 0 aliphatic carbocycles. The number of ketones is 1. The largest absolute Gasteiger partial charge is 0.497 e. The molecule has 0 aliphatic heterocycles. The summed E-state index contributed by atoms with van der Waals surface area (Å²) >= 11 is 0. The van der Waals surface area contributed by atoms with Gasteiger partial charge in [0.2, 0.25) is 0 Å². The molecule has 4 heteroatoms. The Morgan fingerprint density at radius 1 is 1.32 bits per heavy atom. The van der Waals surface area contributed by atoms with E-state index in [0.717, 1.165) is 11.3 Å². The zero-order valence-corrected chi connectivity index (χ0v) is 11.6. The predicted molar refractivity (Wildman–Crippen MR) is 73.2 cm³/mol. The van der Waals surface area contributed by atoms with E-state index in [0.29, 0.717) is 32.5 Å². The Morgan fingerprint density at radius 2 is 2.00 bits per heavy atom. The van der Waals surface area contributed by atoms with Crippen molar-refractivity contribution in [3.8, 4) is 5.75 Å². The number of carbonyl (C=O) groups excluding carboxylic acids is 1. The third-order valence-electron chi connectivity index (χ3n) is 2.91. The first-order valence-electron chi connectivity index (χ1n) is 6.58. The van der Waals surface area contributed by atoms with Gasteiger partial charge in [-0.1, -0.05) is 19.1 Å². The van der Waals surface area contributed by atoms with Crippen molar-refractivity contribution >= 4 is 5.78 Å². The van der Waals surface area contributed by atoms with Crippen LogP contribution in [0.15, 0.2) is 24.3 Å². The summed E-state index contributed by atoms with van der Waals surface area (Å²) in [6, 6.07) is 7.69. The second-order valence-corrected chi connectivity index (χ2v) is 4.38. The van der Waals surface area contributed by atoms with Gasteiger partial charge in [-0.05, 0) is 30.5 Å². The van der Waals surface area contributed by atoms with Crippen molar-refractivity contribution in [3.63, 3.8) is 0 Å². The molecule has 0 saturated heterocycles. The summed E-state index contributed by atoms with van der Waals surface area (Å²) in [6.07, 6.45) is 0.696. The Kier molecular flexibility index (Phi) is 7.15. The van der Waals surface area contributed by atoms with Crippen molar-refractivity contribution < 1.29 is 19.4 Å². The van der Waals surface area contributed by atoms with E-state index >= 15 is 0 Å². The van der Waals surface area contributed by atoms with Gasteiger partial charge in [0.1, 0.15) is 11.9 Å². The maximum atomic E-state index is 11.2. The van der Waals surface area contributed by atoms with E-state index in [1.165, 1.54) is 0 Å². The fraction of sp³-hybridized carbons (Fsp3) is 0.533. The molecule has 0 fully saturated rings. The summed E-state index contributed by atoms with van der Waals surface area (Å²) in [5.74, 6) is 0.722. The third-order valence-corrected chi connectivity index (χ3v) is 2.91. The van der Waals surface area contributed by atoms with Gasteiger partial charge in [0.25, 0.3) is 0 Å². The number of hydrogen-bond acceptors (Lipinski definition) is 4. The highest BCUT2D eigenvalue weighted by atomic mass is 16.5. The molecule has 0 radical (unpaired) electrons. The lowest BCUT2D eigenvalue weighted by atomic mass is 10.1. The molecule has 0 spiro atoms. The van der Waals surface area contributed by atoms with E-state index in [-0.39, 0.29) is 5.78 Å². The smallest absolute Gasteiger partial charge is 0.160 e. The molecule has 4 nitrogen and oxygen atoms in total. The maximum Gasteiger partial charge on any atom is 0.160 e. The molecule has 106 valence electrons. The number of Topliss-reactive ketones (excluding diaryl/α,β-unsaturated/α-hetero) is 1. The van der Waals surface area contributed by atoms with Crippen LogP contribution in [0.5, 0.6) is 5.75 Å². The number of rotatable bonds is 9. The molecule has 1 N–H and O–H groups in total. The van der Waals surface area contributed by atoms with E-state index in [2.05, 4.69) is 0 Å². The SMILES string of the molecule is CCC(=O)C(O)CCCOCc1ccc(OC)cc1. The molecule has 0 saturated carbocycles. The average Bonchev–Trinajstić information content (AvgIpc) is 2.46. The minimum Gasteiger partial charge on any atom is -0.497 e. The van der Waals surface area contributed by atoms with Crippen molar-refractivity contribution in [2.24, 2.45) is 0 Å². The first-order valence-corrected chi connectivity index (χ1v) is 6.58. The monoisotopic (exact) mass is 266 g/mol. The fourth-order valence-corrected chi connectivity index (χ4v) is 1.69. The van der Waals surface area contributed by atoms with Crippen LogP contribution >= 0.6 is 0 Å². The highest BCUT2D eigenvalue weighted by Crippen LogP contribution is 2.12. The van der Waals surface area contributed by atoms with Crippen LogP contribution < -0.4 is 4.74 Å². The summed E-state index contributed by atoms with van der Waals surface area (Å²) in [6.45, 7) is 2.83. The van der Waals surface area contributed by atoms with Crippen molar-refractivity contribution in [3.05, 3.63) is 29.8 Å². The Labute approximate surface area is 114 Å². The highest BCUT2D eigenvalue weighted by molar-refractivity contribution is 5.82. The van der Waals surface area contributed by atoms with Crippen LogP contribution in [0.2, 0.25) is 0 Å². The Bertz CT molecular complexity index is 372. The molecule has 1 unspecified atom stereocenters. The van der Waals surface area contributed by atoms with Crippen LogP contribution in [0.3, 0.4) is 0 Å². The number of ether oxygens (including phenoxy) is 2. The zero-order valence-electron chi connectivity index (χ0n) is 11.6. The van der Waals surface area contributed by atoms with Crippen LogP contribution in [-0.4, -0.2) is 30.7 Å². The quantitative estimate of drug-likeness (QED) is 0.697. The molecule has 1 aromatic rings. The second-order valence-electron chi connectivity index (χ2n) is 4.38. The Hall–Kier alpha value is -1.39. The number of hydrogen-bond donors (Lipinski definition) is 1. The summed E-state index contributed by atoms with van der Waals surface area (Å²) in [5.41, 5.74) is 1.07. The van der Waals surface area contributed by atoms with Crippen LogP contribution in [-0.2, 0) is 16.1 Å². The van der Waals surface area contributed by atoms with Gasteiger partial charge in [-0.2, -0.15) is 0 Å². The maximum absolute atomic E-state index is 11.2. The van der Waals surface area contributed by atoms with Gasteiger partial charge in [-0.15, -0.1) is 0 Å². The summed E-state index contributed by atoms with van der Waals surface area (Å²) in [4.78, 5) is 11.2. The summed E-state index contributed by atoms with van der Waals surface area (Å²) in [5, 5.41) is 9.47. The number of benzene rings is 1. The molecule has 0 bridgehead atoms. The topological polar surface area (TPSA) is 55.8 Å². The molecule has 1 atom stereocenters. The molecule has 19 heavy (non-hydrogen) atoms. The van der Waals surface area contributed by atoms with E-state index in [1.807, 2.05) is 24.3 Å². The first kappa shape index (κ1) is 15.7. The number of aliphatic hydroxyl groups is 1. The van der Waals surface area contributed by atoms with Crippen LogP contribution in [0, 0.1) is 0 Å². The standard InChI is InChI=1S/C15H22O4/c1-3-14(16)15(17)5-4-10-19-11-12-6-8-13(18-2)9-7-12/h6-9,15,17H,3-5,10-11H2,1-2H3. The summed E-state index contributed by atoms with van der Waals surface area (Å²) in [7, 11) is 1.63. The van der Waals surface area contributed by atoms with E-state index in [1.54, 1.807) is 14.0 Å². The van der Waals surface area contributed by atoms with Gasteiger partial charge >= 0.3 is 0 Å². The van der Waals surface area contributed by atoms with Gasteiger partial charge in [-0.25, -0.2) is 0 Å². The summed E-state index contributed by atoms with van der Waals surface area (Å²) < 4.78 is 10.6. The minimum atomic E-state index is -0.838. The highest BCUT2D eigenvalue weighted by Gasteiger charge is 2.11. The molecule has 0 amide bonds. The van der Waals surface area contributed by atoms with Gasteiger partial charge in [-0.3, -0.25) is 4.79 Å². The first-order chi connectivity index (χ1) is 9.17. The average molecular weight is 266 g/mol. The third kappa shape index (κ3) is 5.85. The fourth-order valence-electron chi connectivity index (χ4n) is 1.69. The van der Waals surface area contributed by atoms with Gasteiger partial charge in [0.05, 0.1) is 13.7 Å². The molecule has 0 aliphatic rings. The van der Waals surface area contributed by atoms with Crippen LogP contribution in [0.25, 0.3) is 0 Å². The number of methoxy groups -OCH3 is 1. The van der Waals surface area contributed by atoms with Crippen LogP contribution in [0.1, 0.15) is 31.7 Å². The lowest BCUT2D eigenvalue weighted by Gasteiger charge is -2.08. The van der Waals surface area contributed by atoms with Gasteiger partial charge in [0, 0.05) is 13.0 Å². The second kappa shape index (κ2) is 8.67. The van der Waals surface area contributed by atoms with Crippen molar-refractivity contribution in [2.75, 3.05) is 13.7 Å². The molecule has 1 aromatic carbocycles. The van der Waals surface area contributed by atoms with E-state index in [9.17, 15) is 9.90 Å². The number of carbonyl (C=O) groups is 1. The van der Waals surface area contributed by atoms with Crippen molar-refractivity contribution in [1.29, 1.82) is 0 Å². The van der Waals surface area contributed by atoms with Crippen molar-refractivity contribution in [2.45, 2.75) is 38.9 Å². The van der Waals surface area contributed by atoms with Crippen molar-refractivity contribution in [1.82, 2.24) is 0 Å². The molecule has 0 aromatic heterocycles. The normalized spacial score (nSPS) is 12.2. The Morgan fingerprint density at radius 3 is 2.58 bits per heavy atom. The molecule has 1 rings (SSSR count). The Balaban J connectivity index is 2.15. The minimum absolute atomic E-state index is 0.102. The molecule has 0 heterocycles. The van der Waals surface area contributed by atoms with E-state index in [4.69, 9.17) is 9.47 Å². The van der Waals surface area contributed by atoms with E-state index < -0.39 is 6.10 Å². The van der Waals surface area contributed by atoms with Gasteiger partial charge < -0.3 is 14.6 Å².